The Morgan fingerprint density at radius 3 is 2.43 bits per heavy atom. The number of methoxy groups -OCH3 is 1. The van der Waals surface area contributed by atoms with Crippen molar-refractivity contribution < 1.29 is 14.2 Å². The minimum Gasteiger partial charge on any atom is -0.507 e. The molecule has 1 aromatic carbocycles. The van der Waals surface area contributed by atoms with Crippen molar-refractivity contribution in [2.75, 3.05) is 7.11 Å². The zero-order valence-corrected chi connectivity index (χ0v) is 8.47. The highest BCUT2D eigenvalue weighted by Gasteiger charge is 2.21. The smallest absolute Gasteiger partial charge is 0.165 e. The van der Waals surface area contributed by atoms with E-state index in [4.69, 9.17) is 10.5 Å². The van der Waals surface area contributed by atoms with E-state index < -0.39 is 11.4 Å². The van der Waals surface area contributed by atoms with Gasteiger partial charge in [0.05, 0.1) is 7.11 Å². The maximum atomic E-state index is 13.3. The van der Waals surface area contributed by atoms with Crippen LogP contribution in [0.3, 0.4) is 0 Å². The molecule has 0 atom stereocenters. The second-order valence-corrected chi connectivity index (χ2v) is 3.73. The standard InChI is InChI=1S/C10H14FNO2/c1-10(2,12)6-4-7(11)9(14-3)5-8(6)13/h4-5,13H,12H2,1-3H3. The quantitative estimate of drug-likeness (QED) is 0.762. The van der Waals surface area contributed by atoms with Gasteiger partial charge in [-0.1, -0.05) is 0 Å². The van der Waals surface area contributed by atoms with Crippen LogP contribution in [-0.2, 0) is 5.54 Å². The molecule has 0 aliphatic heterocycles. The summed E-state index contributed by atoms with van der Waals surface area (Å²) in [6.45, 7) is 3.38. The number of benzene rings is 1. The van der Waals surface area contributed by atoms with E-state index in [9.17, 15) is 9.50 Å². The highest BCUT2D eigenvalue weighted by atomic mass is 19.1. The van der Waals surface area contributed by atoms with Gasteiger partial charge in [0.15, 0.2) is 11.6 Å². The number of phenols is 1. The van der Waals surface area contributed by atoms with Crippen LogP contribution in [-0.4, -0.2) is 12.2 Å². The van der Waals surface area contributed by atoms with Gasteiger partial charge in [-0.05, 0) is 19.9 Å². The summed E-state index contributed by atoms with van der Waals surface area (Å²) >= 11 is 0. The van der Waals surface area contributed by atoms with Crippen LogP contribution in [0.5, 0.6) is 11.5 Å². The highest BCUT2D eigenvalue weighted by molar-refractivity contribution is 5.43. The molecule has 3 N–H and O–H groups in total. The molecule has 0 unspecified atom stereocenters. The number of nitrogens with two attached hydrogens (primary N) is 1. The molecule has 0 spiro atoms. The van der Waals surface area contributed by atoms with E-state index in [0.29, 0.717) is 5.56 Å². The van der Waals surface area contributed by atoms with Crippen molar-refractivity contribution >= 4 is 0 Å². The fraction of sp³-hybridized carbons (Fsp3) is 0.400. The summed E-state index contributed by atoms with van der Waals surface area (Å²) in [5.41, 5.74) is 5.33. The summed E-state index contributed by atoms with van der Waals surface area (Å²) in [5, 5.41) is 9.56. The third kappa shape index (κ3) is 1.96. The lowest BCUT2D eigenvalue weighted by Gasteiger charge is -2.21. The molecule has 1 aromatic rings. The molecule has 4 heteroatoms. The first-order chi connectivity index (χ1) is 6.36. The van der Waals surface area contributed by atoms with E-state index in [1.54, 1.807) is 13.8 Å². The van der Waals surface area contributed by atoms with Crippen LogP contribution in [0.4, 0.5) is 4.39 Å². The van der Waals surface area contributed by atoms with Gasteiger partial charge in [-0.25, -0.2) is 4.39 Å². The summed E-state index contributed by atoms with van der Waals surface area (Å²) in [6, 6.07) is 2.41. The Kier molecular flexibility index (Phi) is 2.66. The third-order valence-electron chi connectivity index (χ3n) is 1.96. The van der Waals surface area contributed by atoms with Gasteiger partial charge in [0, 0.05) is 17.2 Å². The topological polar surface area (TPSA) is 55.5 Å². The molecule has 0 amide bonds. The van der Waals surface area contributed by atoms with Gasteiger partial charge in [-0.3, -0.25) is 0 Å². The lowest BCUT2D eigenvalue weighted by Crippen LogP contribution is -2.28. The van der Waals surface area contributed by atoms with Crippen LogP contribution in [0, 0.1) is 5.82 Å². The molecule has 0 fully saturated rings. The van der Waals surface area contributed by atoms with E-state index in [2.05, 4.69) is 0 Å². The average Bonchev–Trinajstić information content (AvgIpc) is 2.06. The van der Waals surface area contributed by atoms with E-state index >= 15 is 0 Å². The monoisotopic (exact) mass is 199 g/mol. The maximum Gasteiger partial charge on any atom is 0.165 e. The van der Waals surface area contributed by atoms with Crippen molar-refractivity contribution in [2.24, 2.45) is 5.73 Å². The van der Waals surface area contributed by atoms with Gasteiger partial charge in [-0.2, -0.15) is 0 Å². The highest BCUT2D eigenvalue weighted by Crippen LogP contribution is 2.32. The van der Waals surface area contributed by atoms with Gasteiger partial charge in [0.25, 0.3) is 0 Å². The predicted molar refractivity (Wildman–Crippen MR) is 51.8 cm³/mol. The molecular weight excluding hydrogens is 185 g/mol. The lowest BCUT2D eigenvalue weighted by molar-refractivity contribution is 0.374. The first-order valence-corrected chi connectivity index (χ1v) is 4.22. The molecule has 0 bridgehead atoms. The SMILES string of the molecule is COc1cc(O)c(C(C)(C)N)cc1F. The molecular formula is C10H14FNO2. The molecule has 0 saturated carbocycles. The van der Waals surface area contributed by atoms with Gasteiger partial charge in [0.1, 0.15) is 5.75 Å². The number of ether oxygens (including phenoxy) is 1. The second-order valence-electron chi connectivity index (χ2n) is 3.73. The largest absolute Gasteiger partial charge is 0.507 e. The number of hydrogen-bond donors (Lipinski definition) is 2. The Morgan fingerprint density at radius 2 is 2.00 bits per heavy atom. The maximum absolute atomic E-state index is 13.3. The molecule has 0 heterocycles. The lowest BCUT2D eigenvalue weighted by atomic mass is 9.94. The predicted octanol–water partition coefficient (Wildman–Crippen LogP) is 1.73. The zero-order chi connectivity index (χ0) is 10.9. The molecule has 0 saturated heterocycles. The molecule has 0 aliphatic carbocycles. The minimum absolute atomic E-state index is 0.00972. The molecule has 0 aromatic heterocycles. The Bertz CT molecular complexity index is 345. The second kappa shape index (κ2) is 3.46. The summed E-state index contributed by atoms with van der Waals surface area (Å²) < 4.78 is 18.0. The van der Waals surface area contributed by atoms with Crippen molar-refractivity contribution in [3.63, 3.8) is 0 Å². The van der Waals surface area contributed by atoms with Crippen LogP contribution in [0.1, 0.15) is 19.4 Å². The molecule has 0 aliphatic rings. The van der Waals surface area contributed by atoms with Crippen molar-refractivity contribution in [2.45, 2.75) is 19.4 Å². The number of halogens is 1. The van der Waals surface area contributed by atoms with E-state index in [0.717, 1.165) is 0 Å². The zero-order valence-electron chi connectivity index (χ0n) is 8.47. The Labute approximate surface area is 82.3 Å². The van der Waals surface area contributed by atoms with Crippen LogP contribution < -0.4 is 10.5 Å². The normalized spacial score (nSPS) is 11.5. The summed E-state index contributed by atoms with van der Waals surface area (Å²) in [5.74, 6) is -0.579. The molecule has 14 heavy (non-hydrogen) atoms. The fourth-order valence-corrected chi connectivity index (χ4v) is 1.22. The Morgan fingerprint density at radius 1 is 1.43 bits per heavy atom. The first-order valence-electron chi connectivity index (χ1n) is 4.22. The van der Waals surface area contributed by atoms with Crippen molar-refractivity contribution in [1.82, 2.24) is 0 Å². The number of rotatable bonds is 2. The van der Waals surface area contributed by atoms with Crippen LogP contribution >= 0.6 is 0 Å². The van der Waals surface area contributed by atoms with Crippen molar-refractivity contribution in [3.05, 3.63) is 23.5 Å². The average molecular weight is 199 g/mol. The van der Waals surface area contributed by atoms with Crippen LogP contribution in [0.15, 0.2) is 12.1 Å². The van der Waals surface area contributed by atoms with Crippen molar-refractivity contribution in [3.8, 4) is 11.5 Å². The van der Waals surface area contributed by atoms with Crippen LogP contribution in [0.25, 0.3) is 0 Å². The number of phenolic OH excluding ortho intramolecular Hbond substituents is 1. The van der Waals surface area contributed by atoms with Gasteiger partial charge in [-0.15, -0.1) is 0 Å². The van der Waals surface area contributed by atoms with Gasteiger partial charge in [0.2, 0.25) is 0 Å². The Hall–Kier alpha value is -1.29. The number of hydrogen-bond acceptors (Lipinski definition) is 3. The van der Waals surface area contributed by atoms with Gasteiger partial charge >= 0.3 is 0 Å². The van der Waals surface area contributed by atoms with E-state index in [-0.39, 0.29) is 11.5 Å². The minimum atomic E-state index is -0.781. The first kappa shape index (κ1) is 10.8. The van der Waals surface area contributed by atoms with Gasteiger partial charge < -0.3 is 15.6 Å². The molecule has 78 valence electrons. The Balaban J connectivity index is 3.29. The summed E-state index contributed by atoms with van der Waals surface area (Å²) in [7, 11) is 1.34. The van der Waals surface area contributed by atoms with E-state index in [1.807, 2.05) is 0 Å². The summed E-state index contributed by atoms with van der Waals surface area (Å²) in [4.78, 5) is 0. The summed E-state index contributed by atoms with van der Waals surface area (Å²) in [6.07, 6.45) is 0. The molecule has 0 radical (unpaired) electrons. The third-order valence-corrected chi connectivity index (χ3v) is 1.96. The number of aromatic hydroxyl groups is 1. The molecule has 1 rings (SSSR count). The van der Waals surface area contributed by atoms with Crippen LogP contribution in [0.2, 0.25) is 0 Å². The van der Waals surface area contributed by atoms with E-state index in [1.165, 1.54) is 19.2 Å². The molecule has 3 nitrogen and oxygen atoms in total. The van der Waals surface area contributed by atoms with Crippen molar-refractivity contribution in [1.29, 1.82) is 0 Å². The fourth-order valence-electron chi connectivity index (χ4n) is 1.22.